The van der Waals surface area contributed by atoms with Crippen LogP contribution >= 0.6 is 0 Å². The number of benzene rings is 1. The van der Waals surface area contributed by atoms with Gasteiger partial charge in [0.05, 0.1) is 11.4 Å². The number of carbonyl (C=O) groups excluding carboxylic acids is 1. The lowest BCUT2D eigenvalue weighted by molar-refractivity contribution is -0.118. The highest BCUT2D eigenvalue weighted by molar-refractivity contribution is 6.08. The molecule has 0 aromatic heterocycles. The highest BCUT2D eigenvalue weighted by Crippen LogP contribution is 2.49. The van der Waals surface area contributed by atoms with E-state index >= 15 is 0 Å². The Morgan fingerprint density at radius 1 is 1.40 bits per heavy atom. The lowest BCUT2D eigenvalue weighted by atomic mass is 10.1. The number of carbonyl (C=O) groups is 1. The van der Waals surface area contributed by atoms with Crippen LogP contribution in [0.3, 0.4) is 0 Å². The van der Waals surface area contributed by atoms with Gasteiger partial charge in [-0.1, -0.05) is 6.07 Å². The third-order valence-corrected chi connectivity index (χ3v) is 3.55. The molecule has 0 saturated heterocycles. The quantitative estimate of drug-likeness (QED) is 0.697. The second-order valence-corrected chi connectivity index (χ2v) is 4.57. The number of nitrogens with one attached hydrogen (secondary N) is 1. The summed E-state index contributed by atoms with van der Waals surface area (Å²) in [6, 6.07) is 6.20. The fraction of sp³-hybridized carbons (Fsp3) is 0.417. The van der Waals surface area contributed by atoms with Crippen molar-refractivity contribution in [2.45, 2.75) is 25.3 Å². The second-order valence-electron chi connectivity index (χ2n) is 4.57. The first kappa shape index (κ1) is 8.77. The molecule has 1 aliphatic heterocycles. The highest BCUT2D eigenvalue weighted by atomic mass is 16.2. The number of aryl methyl sites for hydroxylation is 1. The minimum atomic E-state index is -0.234. The van der Waals surface area contributed by atoms with Gasteiger partial charge in [0.1, 0.15) is 5.54 Å². The van der Waals surface area contributed by atoms with Crippen LogP contribution in [-0.4, -0.2) is 18.5 Å². The van der Waals surface area contributed by atoms with Crippen LogP contribution in [-0.2, 0) is 4.79 Å². The second kappa shape index (κ2) is 2.54. The third kappa shape index (κ3) is 1.03. The summed E-state index contributed by atoms with van der Waals surface area (Å²) in [5.41, 5.74) is 3.02. The molecule has 1 aliphatic carbocycles. The van der Waals surface area contributed by atoms with Crippen molar-refractivity contribution in [2.75, 3.05) is 17.3 Å². The molecule has 0 bridgehead atoms. The predicted molar refractivity (Wildman–Crippen MR) is 60.2 cm³/mol. The number of hydrogen-bond acceptors (Lipinski definition) is 2. The van der Waals surface area contributed by atoms with Crippen molar-refractivity contribution in [3.05, 3.63) is 23.8 Å². The standard InChI is InChI=1S/C12H14N2O/c1-8-3-4-10-9(7-8)13-11(15)12(5-6-12)14(10)2/h3-4,7H,5-6H2,1-2H3,(H,13,15). The zero-order valence-electron chi connectivity index (χ0n) is 9.00. The molecule has 1 aromatic rings. The fourth-order valence-corrected chi connectivity index (χ4v) is 2.34. The Morgan fingerprint density at radius 3 is 2.80 bits per heavy atom. The van der Waals surface area contributed by atoms with Gasteiger partial charge < -0.3 is 10.2 Å². The molecule has 3 rings (SSSR count). The monoisotopic (exact) mass is 202 g/mol. The Labute approximate surface area is 89.1 Å². The fourth-order valence-electron chi connectivity index (χ4n) is 2.34. The van der Waals surface area contributed by atoms with Crippen molar-refractivity contribution in [1.29, 1.82) is 0 Å². The first-order chi connectivity index (χ1) is 7.13. The van der Waals surface area contributed by atoms with Crippen LogP contribution in [0, 0.1) is 6.92 Å². The van der Waals surface area contributed by atoms with Crippen molar-refractivity contribution in [3.8, 4) is 0 Å². The first-order valence-corrected chi connectivity index (χ1v) is 5.29. The van der Waals surface area contributed by atoms with E-state index in [1.807, 2.05) is 20.0 Å². The van der Waals surface area contributed by atoms with Gasteiger partial charge in [0, 0.05) is 7.05 Å². The molecule has 3 nitrogen and oxygen atoms in total. The van der Waals surface area contributed by atoms with Gasteiger partial charge in [-0.3, -0.25) is 4.79 Å². The Morgan fingerprint density at radius 2 is 2.13 bits per heavy atom. The van der Waals surface area contributed by atoms with E-state index in [0.29, 0.717) is 0 Å². The summed E-state index contributed by atoms with van der Waals surface area (Å²) in [5, 5.41) is 3.00. The van der Waals surface area contributed by atoms with Gasteiger partial charge in [0.2, 0.25) is 5.91 Å². The molecule has 2 aliphatic rings. The maximum absolute atomic E-state index is 11.9. The zero-order valence-corrected chi connectivity index (χ0v) is 9.00. The van der Waals surface area contributed by atoms with Crippen molar-refractivity contribution in [3.63, 3.8) is 0 Å². The lowest BCUT2D eigenvalue weighted by Gasteiger charge is -2.35. The van der Waals surface area contributed by atoms with Crippen LogP contribution in [0.2, 0.25) is 0 Å². The van der Waals surface area contributed by atoms with E-state index in [2.05, 4.69) is 22.3 Å². The molecule has 0 atom stereocenters. The number of fused-ring (bicyclic) bond motifs is 1. The number of rotatable bonds is 0. The number of hydrogen-bond donors (Lipinski definition) is 1. The van der Waals surface area contributed by atoms with Gasteiger partial charge in [0.25, 0.3) is 0 Å². The number of anilines is 2. The smallest absolute Gasteiger partial charge is 0.250 e. The van der Waals surface area contributed by atoms with E-state index in [1.165, 1.54) is 5.56 Å². The average Bonchev–Trinajstić information content (AvgIpc) is 2.96. The van der Waals surface area contributed by atoms with Crippen molar-refractivity contribution < 1.29 is 4.79 Å². The van der Waals surface area contributed by atoms with Crippen LogP contribution in [0.4, 0.5) is 11.4 Å². The predicted octanol–water partition coefficient (Wildman–Crippen LogP) is 1.92. The Balaban J connectivity index is 2.13. The maximum Gasteiger partial charge on any atom is 0.250 e. The van der Waals surface area contributed by atoms with Gasteiger partial charge in [-0.15, -0.1) is 0 Å². The van der Waals surface area contributed by atoms with Crippen molar-refractivity contribution >= 4 is 17.3 Å². The van der Waals surface area contributed by atoms with E-state index in [1.54, 1.807) is 0 Å². The van der Waals surface area contributed by atoms with Gasteiger partial charge in [0.15, 0.2) is 0 Å². The zero-order chi connectivity index (χ0) is 10.6. The van der Waals surface area contributed by atoms with Crippen molar-refractivity contribution in [1.82, 2.24) is 0 Å². The molecule has 1 spiro atoms. The van der Waals surface area contributed by atoms with E-state index in [-0.39, 0.29) is 11.4 Å². The number of amides is 1. The SMILES string of the molecule is Cc1ccc2c(c1)NC(=O)C1(CC1)N2C. The molecule has 1 fully saturated rings. The summed E-state index contributed by atoms with van der Waals surface area (Å²) in [4.78, 5) is 14.0. The normalized spacial score (nSPS) is 21.2. The van der Waals surface area contributed by atoms with E-state index in [0.717, 1.165) is 24.2 Å². The molecular weight excluding hydrogens is 188 g/mol. The first-order valence-electron chi connectivity index (χ1n) is 5.29. The van der Waals surface area contributed by atoms with Gasteiger partial charge in [-0.25, -0.2) is 0 Å². The summed E-state index contributed by atoms with van der Waals surface area (Å²) >= 11 is 0. The van der Waals surface area contributed by atoms with Crippen LogP contribution in [0.1, 0.15) is 18.4 Å². The highest BCUT2D eigenvalue weighted by Gasteiger charge is 2.55. The lowest BCUT2D eigenvalue weighted by Crippen LogP contribution is -2.48. The minimum absolute atomic E-state index is 0.156. The van der Waals surface area contributed by atoms with Crippen LogP contribution in [0.5, 0.6) is 0 Å². The van der Waals surface area contributed by atoms with Gasteiger partial charge in [-0.2, -0.15) is 0 Å². The third-order valence-electron chi connectivity index (χ3n) is 3.55. The Bertz CT molecular complexity index is 449. The summed E-state index contributed by atoms with van der Waals surface area (Å²) < 4.78 is 0. The largest absolute Gasteiger partial charge is 0.358 e. The molecule has 1 N–H and O–H groups in total. The van der Waals surface area contributed by atoms with Crippen LogP contribution in [0.25, 0.3) is 0 Å². The molecule has 0 radical (unpaired) electrons. The molecule has 1 amide bonds. The Kier molecular flexibility index (Phi) is 1.48. The molecule has 78 valence electrons. The Hall–Kier alpha value is -1.51. The summed E-state index contributed by atoms with van der Waals surface area (Å²) in [6.07, 6.45) is 1.95. The topological polar surface area (TPSA) is 32.3 Å². The van der Waals surface area contributed by atoms with Crippen LogP contribution in [0.15, 0.2) is 18.2 Å². The molecular formula is C12H14N2O. The number of likely N-dealkylation sites (N-methyl/N-ethyl adjacent to an activating group) is 1. The molecule has 0 unspecified atom stereocenters. The molecule has 1 aromatic carbocycles. The maximum atomic E-state index is 11.9. The molecule has 1 heterocycles. The van der Waals surface area contributed by atoms with E-state index in [9.17, 15) is 4.79 Å². The minimum Gasteiger partial charge on any atom is -0.358 e. The van der Waals surface area contributed by atoms with Gasteiger partial charge >= 0.3 is 0 Å². The number of nitrogens with zero attached hydrogens (tertiary/aromatic N) is 1. The summed E-state index contributed by atoms with van der Waals surface area (Å²) in [7, 11) is 2.01. The summed E-state index contributed by atoms with van der Waals surface area (Å²) in [6.45, 7) is 2.04. The molecule has 3 heteroatoms. The van der Waals surface area contributed by atoms with Gasteiger partial charge in [-0.05, 0) is 37.5 Å². The molecule has 15 heavy (non-hydrogen) atoms. The van der Waals surface area contributed by atoms with Crippen LogP contribution < -0.4 is 10.2 Å². The molecule has 1 saturated carbocycles. The van der Waals surface area contributed by atoms with E-state index < -0.39 is 0 Å². The summed E-state index contributed by atoms with van der Waals surface area (Å²) in [5.74, 6) is 0.156. The van der Waals surface area contributed by atoms with Crippen molar-refractivity contribution in [2.24, 2.45) is 0 Å². The average molecular weight is 202 g/mol. The van der Waals surface area contributed by atoms with E-state index in [4.69, 9.17) is 0 Å².